The third kappa shape index (κ3) is 6.98. The van der Waals surface area contributed by atoms with Crippen LogP contribution in [0.1, 0.15) is 24.3 Å². The standard InChI is InChI=1S/C26H31FN4O4S/c1-33-22-8-5-20(15-23(22)34-2)25-29-24(35-30-25)16-31-12-9-19(10-13-31)26(32)28-11-14-36-17-18-3-6-21(27)7-4-18/h3-8,15,19H,9-14,16-17H2,1-2H3,(H,28,32). The monoisotopic (exact) mass is 514 g/mol. The first kappa shape index (κ1) is 26.0. The van der Waals surface area contributed by atoms with Crippen LogP contribution in [-0.2, 0) is 17.1 Å². The molecular formula is C26H31FN4O4S. The van der Waals surface area contributed by atoms with Crippen LogP contribution in [0.5, 0.6) is 11.5 Å². The minimum absolute atomic E-state index is 0.0216. The molecule has 0 unspecified atom stereocenters. The molecule has 4 rings (SSSR count). The predicted octanol–water partition coefficient (Wildman–Crippen LogP) is 4.15. The Hall–Kier alpha value is -3.11. The summed E-state index contributed by atoms with van der Waals surface area (Å²) in [5.74, 6) is 3.82. The average Bonchev–Trinajstić information content (AvgIpc) is 3.38. The van der Waals surface area contributed by atoms with Crippen molar-refractivity contribution in [1.82, 2.24) is 20.4 Å². The third-order valence-electron chi connectivity index (χ3n) is 6.15. The highest BCUT2D eigenvalue weighted by atomic mass is 32.2. The average molecular weight is 515 g/mol. The van der Waals surface area contributed by atoms with Gasteiger partial charge in [-0.1, -0.05) is 17.3 Å². The normalized spacial score (nSPS) is 14.5. The number of aromatic nitrogens is 2. The van der Waals surface area contributed by atoms with Crippen molar-refractivity contribution in [2.75, 3.05) is 39.6 Å². The number of carbonyl (C=O) groups excluding carboxylic acids is 1. The molecule has 3 aromatic rings. The van der Waals surface area contributed by atoms with Gasteiger partial charge in [0.2, 0.25) is 17.6 Å². The number of halogens is 1. The van der Waals surface area contributed by atoms with E-state index in [-0.39, 0.29) is 17.6 Å². The van der Waals surface area contributed by atoms with Crippen molar-refractivity contribution in [3.05, 3.63) is 59.7 Å². The first-order chi connectivity index (χ1) is 17.6. The number of piperidine rings is 1. The Balaban J connectivity index is 1.17. The van der Waals surface area contributed by atoms with Gasteiger partial charge in [-0.25, -0.2) is 4.39 Å². The van der Waals surface area contributed by atoms with E-state index in [2.05, 4.69) is 20.4 Å². The summed E-state index contributed by atoms with van der Waals surface area (Å²) >= 11 is 1.72. The summed E-state index contributed by atoms with van der Waals surface area (Å²) in [5.41, 5.74) is 1.87. The van der Waals surface area contributed by atoms with Gasteiger partial charge in [0.25, 0.3) is 0 Å². The van der Waals surface area contributed by atoms with Gasteiger partial charge in [-0.2, -0.15) is 16.7 Å². The summed E-state index contributed by atoms with van der Waals surface area (Å²) in [7, 11) is 3.18. The fourth-order valence-corrected chi connectivity index (χ4v) is 4.94. The SMILES string of the molecule is COc1ccc(-c2noc(CN3CCC(C(=O)NCCSCc4ccc(F)cc4)CC3)n2)cc1OC. The predicted molar refractivity (Wildman–Crippen MR) is 136 cm³/mol. The smallest absolute Gasteiger partial charge is 0.241 e. The first-order valence-corrected chi connectivity index (χ1v) is 13.1. The number of hydrogen-bond donors (Lipinski definition) is 1. The zero-order valence-electron chi connectivity index (χ0n) is 20.5. The number of hydrogen-bond acceptors (Lipinski definition) is 8. The van der Waals surface area contributed by atoms with Crippen molar-refractivity contribution in [1.29, 1.82) is 0 Å². The van der Waals surface area contributed by atoms with E-state index < -0.39 is 0 Å². The second-order valence-corrected chi connectivity index (χ2v) is 9.71. The molecule has 192 valence electrons. The van der Waals surface area contributed by atoms with Crippen LogP contribution in [-0.4, -0.2) is 60.6 Å². The summed E-state index contributed by atoms with van der Waals surface area (Å²) < 4.78 is 29.1. The lowest BCUT2D eigenvalue weighted by molar-refractivity contribution is -0.126. The molecule has 1 amide bonds. The lowest BCUT2D eigenvalue weighted by Gasteiger charge is -2.30. The molecule has 10 heteroatoms. The number of likely N-dealkylation sites (tertiary alicyclic amines) is 1. The summed E-state index contributed by atoms with van der Waals surface area (Å²) in [6.45, 7) is 2.78. The Labute approximate surface area is 214 Å². The van der Waals surface area contributed by atoms with Crippen LogP contribution in [0.3, 0.4) is 0 Å². The van der Waals surface area contributed by atoms with Crippen molar-refractivity contribution in [3.63, 3.8) is 0 Å². The van der Waals surface area contributed by atoms with Crippen molar-refractivity contribution >= 4 is 17.7 Å². The van der Waals surface area contributed by atoms with Crippen LogP contribution in [0.4, 0.5) is 4.39 Å². The van der Waals surface area contributed by atoms with Gasteiger partial charge in [0.05, 0.1) is 20.8 Å². The Morgan fingerprint density at radius 3 is 2.61 bits per heavy atom. The van der Waals surface area contributed by atoms with Gasteiger partial charge in [-0.05, 0) is 61.8 Å². The van der Waals surface area contributed by atoms with Gasteiger partial charge in [0.1, 0.15) is 5.82 Å². The first-order valence-electron chi connectivity index (χ1n) is 11.9. The number of amides is 1. The van der Waals surface area contributed by atoms with Crippen LogP contribution >= 0.6 is 11.8 Å². The second kappa shape index (κ2) is 12.7. The van der Waals surface area contributed by atoms with E-state index in [1.807, 2.05) is 18.2 Å². The van der Waals surface area contributed by atoms with Gasteiger partial charge >= 0.3 is 0 Å². The molecule has 0 radical (unpaired) electrons. The number of ether oxygens (including phenoxy) is 2. The van der Waals surface area contributed by atoms with Crippen molar-refractivity contribution in [3.8, 4) is 22.9 Å². The van der Waals surface area contributed by atoms with Crippen LogP contribution in [0.25, 0.3) is 11.4 Å². The third-order valence-corrected chi connectivity index (χ3v) is 7.18. The molecule has 1 aliphatic rings. The quantitative estimate of drug-likeness (QED) is 0.382. The Morgan fingerprint density at radius 1 is 1.14 bits per heavy atom. The van der Waals surface area contributed by atoms with Crippen LogP contribution < -0.4 is 14.8 Å². The number of rotatable bonds is 11. The maximum Gasteiger partial charge on any atom is 0.241 e. The number of carbonyl (C=O) groups is 1. The summed E-state index contributed by atoms with van der Waals surface area (Å²) in [6.07, 6.45) is 1.59. The maximum atomic E-state index is 13.0. The molecule has 1 saturated heterocycles. The molecule has 0 saturated carbocycles. The van der Waals surface area contributed by atoms with E-state index >= 15 is 0 Å². The number of nitrogens with one attached hydrogen (secondary N) is 1. The molecular weight excluding hydrogens is 483 g/mol. The highest BCUT2D eigenvalue weighted by Crippen LogP contribution is 2.31. The largest absolute Gasteiger partial charge is 0.493 e. The lowest BCUT2D eigenvalue weighted by Crippen LogP contribution is -2.40. The van der Waals surface area contributed by atoms with Crippen LogP contribution in [0.2, 0.25) is 0 Å². The molecule has 1 aromatic heterocycles. The molecule has 2 heterocycles. The lowest BCUT2D eigenvalue weighted by atomic mass is 9.96. The minimum atomic E-state index is -0.224. The second-order valence-electron chi connectivity index (χ2n) is 8.60. The van der Waals surface area contributed by atoms with Crippen molar-refractivity contribution in [2.24, 2.45) is 5.92 Å². The summed E-state index contributed by atoms with van der Waals surface area (Å²) in [4.78, 5) is 19.3. The fraction of sp³-hybridized carbons (Fsp3) is 0.423. The summed E-state index contributed by atoms with van der Waals surface area (Å²) in [5, 5.41) is 7.16. The number of benzene rings is 2. The highest BCUT2D eigenvalue weighted by molar-refractivity contribution is 7.98. The molecule has 0 spiro atoms. The molecule has 2 aromatic carbocycles. The van der Waals surface area contributed by atoms with E-state index in [9.17, 15) is 9.18 Å². The Bertz CT molecular complexity index is 1130. The molecule has 1 N–H and O–H groups in total. The zero-order valence-corrected chi connectivity index (χ0v) is 21.4. The van der Waals surface area contributed by atoms with Gasteiger partial charge in [-0.3, -0.25) is 9.69 Å². The van der Waals surface area contributed by atoms with E-state index in [0.29, 0.717) is 36.3 Å². The molecule has 0 aliphatic carbocycles. The number of nitrogens with zero attached hydrogens (tertiary/aromatic N) is 3. The van der Waals surface area contributed by atoms with E-state index in [1.165, 1.54) is 12.1 Å². The molecule has 1 fully saturated rings. The van der Waals surface area contributed by atoms with Crippen molar-refractivity contribution < 1.29 is 23.2 Å². The maximum absolute atomic E-state index is 13.0. The molecule has 1 aliphatic heterocycles. The number of methoxy groups -OCH3 is 2. The van der Waals surface area contributed by atoms with Gasteiger partial charge in [-0.15, -0.1) is 0 Å². The van der Waals surface area contributed by atoms with Gasteiger partial charge < -0.3 is 19.3 Å². The zero-order chi connectivity index (χ0) is 25.3. The summed E-state index contributed by atoms with van der Waals surface area (Å²) in [6, 6.07) is 12.0. The van der Waals surface area contributed by atoms with E-state index in [1.54, 1.807) is 38.1 Å². The molecule has 8 nitrogen and oxygen atoms in total. The minimum Gasteiger partial charge on any atom is -0.493 e. The van der Waals surface area contributed by atoms with Crippen LogP contribution in [0.15, 0.2) is 47.0 Å². The number of thioether (sulfide) groups is 1. The molecule has 0 bridgehead atoms. The fourth-order valence-electron chi connectivity index (χ4n) is 4.12. The van der Waals surface area contributed by atoms with E-state index in [0.717, 1.165) is 48.6 Å². The molecule has 0 atom stereocenters. The van der Waals surface area contributed by atoms with E-state index in [4.69, 9.17) is 14.0 Å². The highest BCUT2D eigenvalue weighted by Gasteiger charge is 2.26. The van der Waals surface area contributed by atoms with Crippen LogP contribution in [0, 0.1) is 11.7 Å². The molecule has 36 heavy (non-hydrogen) atoms. The van der Waals surface area contributed by atoms with Gasteiger partial charge in [0, 0.05) is 29.5 Å². The topological polar surface area (TPSA) is 89.7 Å². The van der Waals surface area contributed by atoms with Crippen molar-refractivity contribution in [2.45, 2.75) is 25.1 Å². The van der Waals surface area contributed by atoms with Gasteiger partial charge in [0.15, 0.2) is 11.5 Å². The Kier molecular flexibility index (Phi) is 9.18. The Morgan fingerprint density at radius 2 is 1.89 bits per heavy atom.